The summed E-state index contributed by atoms with van der Waals surface area (Å²) >= 11 is 9.19. The summed E-state index contributed by atoms with van der Waals surface area (Å²) in [5.41, 5.74) is 0.643. The van der Waals surface area contributed by atoms with Crippen LogP contribution in [0.4, 0.5) is 4.39 Å². The molecule has 0 saturated heterocycles. The fourth-order valence-electron chi connectivity index (χ4n) is 1.67. The lowest BCUT2D eigenvalue weighted by Crippen LogP contribution is -2.17. The Bertz CT molecular complexity index is 357. The van der Waals surface area contributed by atoms with Gasteiger partial charge in [-0.25, -0.2) is 4.39 Å². The summed E-state index contributed by atoms with van der Waals surface area (Å²) < 4.78 is 14.4. The molecule has 0 amide bonds. The topological polar surface area (TPSA) is 12.0 Å². The Labute approximate surface area is 110 Å². The zero-order chi connectivity index (χ0) is 12.1. The summed E-state index contributed by atoms with van der Waals surface area (Å²) in [7, 11) is 1.84. The normalized spacial score (nSPS) is 12.8. The monoisotopic (exact) mass is 307 g/mol. The van der Waals surface area contributed by atoms with Gasteiger partial charge in [0.05, 0.1) is 5.02 Å². The van der Waals surface area contributed by atoms with E-state index in [0.717, 1.165) is 19.3 Å². The summed E-state index contributed by atoms with van der Waals surface area (Å²) in [6.07, 6.45) is 3.09. The van der Waals surface area contributed by atoms with Crippen molar-refractivity contribution in [2.75, 3.05) is 7.05 Å². The highest BCUT2D eigenvalue weighted by Crippen LogP contribution is 2.30. The maximum absolute atomic E-state index is 13.8. The Kier molecular flexibility index (Phi) is 5.73. The number of benzene rings is 1. The average molecular weight is 309 g/mol. The van der Waals surface area contributed by atoms with E-state index >= 15 is 0 Å². The van der Waals surface area contributed by atoms with Crippen LogP contribution in [0.5, 0.6) is 0 Å². The van der Waals surface area contributed by atoms with Crippen molar-refractivity contribution in [2.24, 2.45) is 0 Å². The Hall–Kier alpha value is -0.120. The third kappa shape index (κ3) is 3.44. The van der Waals surface area contributed by atoms with Gasteiger partial charge in [-0.1, -0.05) is 31.4 Å². The molecule has 0 aliphatic heterocycles. The number of hydrogen-bond donors (Lipinski definition) is 1. The average Bonchev–Trinajstić information content (AvgIpc) is 2.26. The van der Waals surface area contributed by atoms with Crippen LogP contribution in [0.25, 0.3) is 0 Å². The standard InChI is InChI=1S/C12H16BrClFN/c1-3-4-5-12(16-2)8-6-10(14)9(13)7-11(8)15/h6-7,12,16H,3-5H2,1-2H3. The number of rotatable bonds is 5. The highest BCUT2D eigenvalue weighted by atomic mass is 79.9. The molecule has 1 rings (SSSR count). The third-order valence-corrected chi connectivity index (χ3v) is 3.81. The molecule has 0 bridgehead atoms. The van der Waals surface area contributed by atoms with Crippen LogP contribution in [0.1, 0.15) is 37.8 Å². The van der Waals surface area contributed by atoms with Crippen LogP contribution in [0.3, 0.4) is 0 Å². The molecule has 0 aliphatic carbocycles. The van der Waals surface area contributed by atoms with Gasteiger partial charge in [-0.15, -0.1) is 0 Å². The Morgan fingerprint density at radius 2 is 2.19 bits per heavy atom. The maximum Gasteiger partial charge on any atom is 0.129 e. The van der Waals surface area contributed by atoms with Crippen molar-refractivity contribution >= 4 is 27.5 Å². The molecule has 1 atom stereocenters. The van der Waals surface area contributed by atoms with Crippen LogP contribution in [0, 0.1) is 5.82 Å². The van der Waals surface area contributed by atoms with Crippen LogP contribution >= 0.6 is 27.5 Å². The molecule has 0 spiro atoms. The summed E-state index contributed by atoms with van der Waals surface area (Å²) in [6, 6.07) is 3.15. The van der Waals surface area contributed by atoms with Crippen LogP contribution in [-0.2, 0) is 0 Å². The van der Waals surface area contributed by atoms with Crippen LogP contribution in [0.2, 0.25) is 5.02 Å². The van der Waals surface area contributed by atoms with Gasteiger partial charge in [0, 0.05) is 16.1 Å². The molecule has 1 nitrogen and oxygen atoms in total. The highest BCUT2D eigenvalue weighted by molar-refractivity contribution is 9.10. The Morgan fingerprint density at radius 3 is 2.75 bits per heavy atom. The Balaban J connectivity index is 2.95. The minimum absolute atomic E-state index is 0.0329. The zero-order valence-electron chi connectivity index (χ0n) is 9.49. The van der Waals surface area contributed by atoms with Crippen molar-refractivity contribution in [1.82, 2.24) is 5.32 Å². The minimum atomic E-state index is -0.216. The number of unbranched alkanes of at least 4 members (excludes halogenated alkanes) is 1. The van der Waals surface area contributed by atoms with Gasteiger partial charge < -0.3 is 5.32 Å². The molecule has 16 heavy (non-hydrogen) atoms. The van der Waals surface area contributed by atoms with Crippen LogP contribution in [-0.4, -0.2) is 7.05 Å². The largest absolute Gasteiger partial charge is 0.313 e. The van der Waals surface area contributed by atoms with Gasteiger partial charge in [0.25, 0.3) is 0 Å². The molecular formula is C12H16BrClFN. The SMILES string of the molecule is CCCCC(NC)c1cc(Cl)c(Br)cc1F. The quantitative estimate of drug-likeness (QED) is 0.778. The van der Waals surface area contributed by atoms with Crippen LogP contribution in [0.15, 0.2) is 16.6 Å². The summed E-state index contributed by atoms with van der Waals surface area (Å²) in [4.78, 5) is 0. The summed E-state index contributed by atoms with van der Waals surface area (Å²) in [5, 5.41) is 3.68. The fourth-order valence-corrected chi connectivity index (χ4v) is 2.16. The fraction of sp³-hybridized carbons (Fsp3) is 0.500. The van der Waals surface area contributed by atoms with E-state index in [2.05, 4.69) is 28.2 Å². The van der Waals surface area contributed by atoms with E-state index in [1.165, 1.54) is 6.07 Å². The van der Waals surface area contributed by atoms with Crippen molar-refractivity contribution in [1.29, 1.82) is 0 Å². The van der Waals surface area contributed by atoms with Gasteiger partial charge in [-0.05, 0) is 41.5 Å². The molecule has 1 N–H and O–H groups in total. The molecule has 0 heterocycles. The second-order valence-electron chi connectivity index (χ2n) is 3.77. The lowest BCUT2D eigenvalue weighted by atomic mass is 10.0. The summed E-state index contributed by atoms with van der Waals surface area (Å²) in [6.45, 7) is 2.12. The number of nitrogens with one attached hydrogen (secondary N) is 1. The molecule has 1 aromatic carbocycles. The lowest BCUT2D eigenvalue weighted by molar-refractivity contribution is 0.491. The molecule has 1 aromatic rings. The van der Waals surface area contributed by atoms with Gasteiger partial charge in [0.2, 0.25) is 0 Å². The van der Waals surface area contributed by atoms with Crippen molar-refractivity contribution in [2.45, 2.75) is 32.2 Å². The zero-order valence-corrected chi connectivity index (χ0v) is 11.8. The first-order valence-electron chi connectivity index (χ1n) is 5.41. The predicted octanol–water partition coefficient (Wildman–Crippen LogP) is 4.69. The first kappa shape index (κ1) is 13.9. The molecule has 90 valence electrons. The molecule has 4 heteroatoms. The molecule has 0 fully saturated rings. The first-order valence-corrected chi connectivity index (χ1v) is 6.59. The van der Waals surface area contributed by atoms with E-state index in [1.807, 2.05) is 7.05 Å². The van der Waals surface area contributed by atoms with Gasteiger partial charge in [0.15, 0.2) is 0 Å². The van der Waals surface area contributed by atoms with Crippen molar-refractivity contribution in [3.63, 3.8) is 0 Å². The minimum Gasteiger partial charge on any atom is -0.313 e. The Morgan fingerprint density at radius 1 is 1.50 bits per heavy atom. The third-order valence-electron chi connectivity index (χ3n) is 2.61. The van der Waals surface area contributed by atoms with Crippen LogP contribution < -0.4 is 5.32 Å². The number of halogens is 3. The van der Waals surface area contributed by atoms with Crippen molar-refractivity contribution in [3.05, 3.63) is 33.0 Å². The first-order chi connectivity index (χ1) is 7.60. The lowest BCUT2D eigenvalue weighted by Gasteiger charge is -2.17. The second kappa shape index (κ2) is 6.58. The van der Waals surface area contributed by atoms with Crippen molar-refractivity contribution in [3.8, 4) is 0 Å². The van der Waals surface area contributed by atoms with Gasteiger partial charge in [0.1, 0.15) is 5.82 Å². The van der Waals surface area contributed by atoms with Gasteiger partial charge in [-0.2, -0.15) is 0 Å². The highest BCUT2D eigenvalue weighted by Gasteiger charge is 2.15. The summed E-state index contributed by atoms with van der Waals surface area (Å²) in [5.74, 6) is -0.216. The molecule has 0 saturated carbocycles. The van der Waals surface area contributed by atoms with E-state index in [0.29, 0.717) is 15.1 Å². The predicted molar refractivity (Wildman–Crippen MR) is 70.4 cm³/mol. The van der Waals surface area contributed by atoms with Gasteiger partial charge >= 0.3 is 0 Å². The van der Waals surface area contributed by atoms with E-state index in [9.17, 15) is 4.39 Å². The smallest absolute Gasteiger partial charge is 0.129 e. The molecule has 0 radical (unpaired) electrons. The van der Waals surface area contributed by atoms with E-state index in [1.54, 1.807) is 6.07 Å². The molecule has 1 unspecified atom stereocenters. The number of hydrogen-bond acceptors (Lipinski definition) is 1. The molecule has 0 aromatic heterocycles. The van der Waals surface area contributed by atoms with Gasteiger partial charge in [-0.3, -0.25) is 0 Å². The maximum atomic E-state index is 13.8. The van der Waals surface area contributed by atoms with E-state index in [-0.39, 0.29) is 11.9 Å². The van der Waals surface area contributed by atoms with Crippen molar-refractivity contribution < 1.29 is 4.39 Å². The molecular weight excluding hydrogens is 292 g/mol. The van der Waals surface area contributed by atoms with E-state index in [4.69, 9.17) is 11.6 Å². The second-order valence-corrected chi connectivity index (χ2v) is 5.03. The molecule has 0 aliphatic rings. The van der Waals surface area contributed by atoms with E-state index < -0.39 is 0 Å².